The van der Waals surface area contributed by atoms with Crippen molar-refractivity contribution in [2.45, 2.75) is 13.3 Å². The van der Waals surface area contributed by atoms with E-state index >= 15 is 0 Å². The van der Waals surface area contributed by atoms with Crippen molar-refractivity contribution < 1.29 is 0 Å². The van der Waals surface area contributed by atoms with Gasteiger partial charge < -0.3 is 5.32 Å². The number of benzene rings is 1. The maximum absolute atomic E-state index is 8.36. The van der Waals surface area contributed by atoms with E-state index in [9.17, 15) is 0 Å². The van der Waals surface area contributed by atoms with Crippen molar-refractivity contribution in [1.82, 2.24) is 5.32 Å². The molecule has 1 aromatic rings. The molecule has 15 heavy (non-hydrogen) atoms. The summed E-state index contributed by atoms with van der Waals surface area (Å²) in [7, 11) is 0. The van der Waals surface area contributed by atoms with Crippen molar-refractivity contribution in [2.24, 2.45) is 0 Å². The van der Waals surface area contributed by atoms with Crippen LogP contribution in [0.1, 0.15) is 18.9 Å². The average Bonchev–Trinajstić information content (AvgIpc) is 2.26. The summed E-state index contributed by atoms with van der Waals surface area (Å²) < 4.78 is 0. The van der Waals surface area contributed by atoms with Crippen LogP contribution < -0.4 is 5.32 Å². The molecule has 0 atom stereocenters. The van der Waals surface area contributed by atoms with Gasteiger partial charge >= 0.3 is 0 Å². The van der Waals surface area contributed by atoms with Gasteiger partial charge in [0.25, 0.3) is 0 Å². The van der Waals surface area contributed by atoms with Crippen LogP contribution in [-0.4, -0.2) is 13.1 Å². The van der Waals surface area contributed by atoms with Crippen LogP contribution in [0.4, 0.5) is 0 Å². The van der Waals surface area contributed by atoms with Crippen LogP contribution in [0.25, 0.3) is 6.08 Å². The lowest BCUT2D eigenvalue weighted by molar-refractivity contribution is 0.744. The number of hydrogen-bond acceptors (Lipinski definition) is 2. The lowest BCUT2D eigenvalue weighted by atomic mass is 10.1. The van der Waals surface area contributed by atoms with Crippen molar-refractivity contribution in [3.63, 3.8) is 0 Å². The van der Waals surface area contributed by atoms with Crippen LogP contribution in [0.3, 0.4) is 0 Å². The summed E-state index contributed by atoms with van der Waals surface area (Å²) >= 11 is 0. The second kappa shape index (κ2) is 6.80. The van der Waals surface area contributed by atoms with Crippen molar-refractivity contribution >= 4 is 6.08 Å². The Bertz CT molecular complexity index is 347. The first-order valence-corrected chi connectivity index (χ1v) is 5.13. The van der Waals surface area contributed by atoms with Crippen molar-refractivity contribution in [3.05, 3.63) is 41.5 Å². The van der Waals surface area contributed by atoms with Gasteiger partial charge in [0.1, 0.15) is 0 Å². The molecule has 1 rings (SSSR count). The summed E-state index contributed by atoms with van der Waals surface area (Å²) in [5.41, 5.74) is 2.50. The maximum atomic E-state index is 8.36. The number of rotatable bonds is 5. The number of nitriles is 1. The lowest BCUT2D eigenvalue weighted by Crippen LogP contribution is -2.16. The first-order valence-electron chi connectivity index (χ1n) is 5.13. The Morgan fingerprint density at radius 2 is 2.13 bits per heavy atom. The predicted molar refractivity (Wildman–Crippen MR) is 63.2 cm³/mol. The minimum atomic E-state index is 0.568. The fraction of sp³-hybridized carbons (Fsp3) is 0.308. The topological polar surface area (TPSA) is 35.8 Å². The zero-order valence-corrected chi connectivity index (χ0v) is 9.03. The summed E-state index contributed by atoms with van der Waals surface area (Å²) in [6, 6.07) is 12.3. The summed E-state index contributed by atoms with van der Waals surface area (Å²) in [4.78, 5) is 0. The normalized spacial score (nSPS) is 11.1. The Balaban J connectivity index is 2.37. The fourth-order valence-corrected chi connectivity index (χ4v) is 1.31. The van der Waals surface area contributed by atoms with E-state index in [1.165, 1.54) is 11.1 Å². The van der Waals surface area contributed by atoms with Gasteiger partial charge in [0, 0.05) is 19.5 Å². The van der Waals surface area contributed by atoms with E-state index < -0.39 is 0 Å². The van der Waals surface area contributed by atoms with Gasteiger partial charge in [-0.1, -0.05) is 42.0 Å². The standard InChI is InChI=1S/C13H16N2/c1-12(11-15-9-5-8-14)10-13-6-3-2-4-7-13/h2-4,6-7,10,15H,5,9,11H2,1H3/b12-10+. The Morgan fingerprint density at radius 3 is 2.80 bits per heavy atom. The molecular weight excluding hydrogens is 184 g/mol. The van der Waals surface area contributed by atoms with Crippen LogP contribution in [-0.2, 0) is 0 Å². The van der Waals surface area contributed by atoms with Crippen molar-refractivity contribution in [2.75, 3.05) is 13.1 Å². The second-order valence-corrected chi connectivity index (χ2v) is 3.49. The fourth-order valence-electron chi connectivity index (χ4n) is 1.31. The van der Waals surface area contributed by atoms with Crippen molar-refractivity contribution in [1.29, 1.82) is 5.26 Å². The predicted octanol–water partition coefficient (Wildman–Crippen LogP) is 2.59. The molecule has 0 saturated carbocycles. The van der Waals surface area contributed by atoms with E-state index in [-0.39, 0.29) is 0 Å². The lowest BCUT2D eigenvalue weighted by Gasteiger charge is -2.02. The van der Waals surface area contributed by atoms with Crippen LogP contribution in [0, 0.1) is 11.3 Å². The van der Waals surface area contributed by atoms with E-state index in [2.05, 4.69) is 36.5 Å². The molecule has 1 N–H and O–H groups in total. The molecule has 1 aromatic carbocycles. The van der Waals surface area contributed by atoms with Crippen LogP contribution in [0.2, 0.25) is 0 Å². The second-order valence-electron chi connectivity index (χ2n) is 3.49. The Morgan fingerprint density at radius 1 is 1.40 bits per heavy atom. The van der Waals surface area contributed by atoms with E-state index in [1.807, 2.05) is 18.2 Å². The minimum Gasteiger partial charge on any atom is -0.312 e. The molecular formula is C13H16N2. The summed E-state index contributed by atoms with van der Waals surface area (Å²) in [5.74, 6) is 0. The molecule has 0 saturated heterocycles. The van der Waals surface area contributed by atoms with E-state index in [0.29, 0.717) is 6.42 Å². The van der Waals surface area contributed by atoms with E-state index in [4.69, 9.17) is 5.26 Å². The highest BCUT2D eigenvalue weighted by atomic mass is 14.8. The van der Waals surface area contributed by atoms with Crippen LogP contribution >= 0.6 is 0 Å². The molecule has 0 spiro atoms. The molecule has 78 valence electrons. The molecule has 2 nitrogen and oxygen atoms in total. The van der Waals surface area contributed by atoms with Gasteiger partial charge in [0.2, 0.25) is 0 Å². The quantitative estimate of drug-likeness (QED) is 0.741. The highest BCUT2D eigenvalue weighted by Crippen LogP contribution is 2.04. The molecule has 0 aliphatic rings. The van der Waals surface area contributed by atoms with Crippen LogP contribution in [0.15, 0.2) is 35.9 Å². The Kier molecular flexibility index (Phi) is 5.21. The molecule has 0 aliphatic heterocycles. The summed E-state index contributed by atoms with van der Waals surface area (Å²) in [5, 5.41) is 11.6. The van der Waals surface area contributed by atoms with Crippen molar-refractivity contribution in [3.8, 4) is 6.07 Å². The third-order valence-corrected chi connectivity index (χ3v) is 2.03. The van der Waals surface area contributed by atoms with Gasteiger partial charge in [-0.3, -0.25) is 0 Å². The van der Waals surface area contributed by atoms with Gasteiger partial charge in [-0.15, -0.1) is 0 Å². The zero-order chi connectivity index (χ0) is 10.9. The first kappa shape index (κ1) is 11.5. The average molecular weight is 200 g/mol. The first-order chi connectivity index (χ1) is 7.33. The Labute approximate surface area is 91.2 Å². The largest absolute Gasteiger partial charge is 0.312 e. The minimum absolute atomic E-state index is 0.568. The molecule has 0 bridgehead atoms. The molecule has 0 unspecified atom stereocenters. The van der Waals surface area contributed by atoms with Gasteiger partial charge in [-0.05, 0) is 12.5 Å². The highest BCUT2D eigenvalue weighted by Gasteiger charge is 1.90. The molecule has 0 fully saturated rings. The molecule has 0 aromatic heterocycles. The van der Waals surface area contributed by atoms with E-state index in [0.717, 1.165) is 13.1 Å². The molecule has 0 aliphatic carbocycles. The van der Waals surface area contributed by atoms with E-state index in [1.54, 1.807) is 0 Å². The highest BCUT2D eigenvalue weighted by molar-refractivity contribution is 5.52. The zero-order valence-electron chi connectivity index (χ0n) is 9.03. The monoisotopic (exact) mass is 200 g/mol. The molecule has 0 amide bonds. The number of nitrogens with one attached hydrogen (secondary N) is 1. The summed E-state index contributed by atoms with van der Waals surface area (Å²) in [6.45, 7) is 3.69. The van der Waals surface area contributed by atoms with Crippen LogP contribution in [0.5, 0.6) is 0 Å². The van der Waals surface area contributed by atoms with Gasteiger partial charge in [0.05, 0.1) is 6.07 Å². The van der Waals surface area contributed by atoms with Gasteiger partial charge in [-0.25, -0.2) is 0 Å². The maximum Gasteiger partial charge on any atom is 0.0635 e. The SMILES string of the molecule is C/C(=C\c1ccccc1)CNCCC#N. The Hall–Kier alpha value is -1.59. The van der Waals surface area contributed by atoms with Gasteiger partial charge in [-0.2, -0.15) is 5.26 Å². The van der Waals surface area contributed by atoms with Gasteiger partial charge in [0.15, 0.2) is 0 Å². The number of hydrogen-bond donors (Lipinski definition) is 1. The third kappa shape index (κ3) is 4.99. The molecule has 0 radical (unpaired) electrons. The molecule has 0 heterocycles. The summed E-state index contributed by atoms with van der Waals surface area (Å²) in [6.07, 6.45) is 2.72. The molecule has 2 heteroatoms. The third-order valence-electron chi connectivity index (χ3n) is 2.03. The number of nitrogens with zero attached hydrogens (tertiary/aromatic N) is 1. The smallest absolute Gasteiger partial charge is 0.0635 e.